The smallest absolute Gasteiger partial charge is 0.351 e. The first-order valence-corrected chi connectivity index (χ1v) is 12.3. The largest absolute Gasteiger partial charge is 0.388 e. The molecule has 10 heteroatoms. The van der Waals surface area contributed by atoms with E-state index in [0.717, 1.165) is 38.5 Å². The second-order valence-corrected chi connectivity index (χ2v) is 9.96. The molecular formula is C24H32ClN5O4. The van der Waals surface area contributed by atoms with Crippen LogP contribution < -0.4 is 11.0 Å². The molecule has 0 atom stereocenters. The van der Waals surface area contributed by atoms with Gasteiger partial charge in [0.2, 0.25) is 5.91 Å². The molecule has 2 amide bonds. The maximum atomic E-state index is 13.0. The van der Waals surface area contributed by atoms with Gasteiger partial charge in [-0.2, -0.15) is 9.78 Å². The molecule has 1 heterocycles. The van der Waals surface area contributed by atoms with Gasteiger partial charge in [0, 0.05) is 19.6 Å². The molecule has 0 bridgehead atoms. The number of amides is 2. The van der Waals surface area contributed by atoms with E-state index in [1.165, 1.54) is 15.3 Å². The first-order valence-electron chi connectivity index (χ1n) is 11.9. The molecule has 2 saturated carbocycles. The van der Waals surface area contributed by atoms with Crippen LogP contribution in [-0.2, 0) is 11.3 Å². The van der Waals surface area contributed by atoms with Gasteiger partial charge in [0.25, 0.3) is 5.91 Å². The number of aromatic nitrogens is 3. The molecule has 9 nitrogen and oxygen atoms in total. The fraction of sp³-hybridized carbons (Fsp3) is 0.583. The predicted octanol–water partition coefficient (Wildman–Crippen LogP) is 2.43. The minimum Gasteiger partial charge on any atom is -0.388 e. The molecule has 0 aliphatic heterocycles. The predicted molar refractivity (Wildman–Crippen MR) is 128 cm³/mol. The fourth-order valence-corrected chi connectivity index (χ4v) is 4.68. The van der Waals surface area contributed by atoms with Gasteiger partial charge in [0.15, 0.2) is 0 Å². The molecule has 1 aromatic carbocycles. The Bertz CT molecular complexity index is 1130. The van der Waals surface area contributed by atoms with Gasteiger partial charge in [0.05, 0.1) is 21.9 Å². The molecule has 1 aromatic heterocycles. The lowest BCUT2D eigenvalue weighted by Crippen LogP contribution is -2.42. The highest BCUT2D eigenvalue weighted by atomic mass is 35.5. The second kappa shape index (κ2) is 9.92. The van der Waals surface area contributed by atoms with Crippen LogP contribution in [0.4, 0.5) is 0 Å². The Hall–Kier alpha value is -2.65. The Morgan fingerprint density at radius 1 is 1.24 bits per heavy atom. The summed E-state index contributed by atoms with van der Waals surface area (Å²) in [7, 11) is 1.75. The van der Waals surface area contributed by atoms with E-state index >= 15 is 0 Å². The van der Waals surface area contributed by atoms with Crippen molar-refractivity contribution in [2.24, 2.45) is 0 Å². The first-order chi connectivity index (χ1) is 16.2. The van der Waals surface area contributed by atoms with Gasteiger partial charge in [-0.15, -0.1) is 0 Å². The van der Waals surface area contributed by atoms with Crippen LogP contribution in [0.25, 0.3) is 5.69 Å². The quantitative estimate of drug-likeness (QED) is 0.580. The van der Waals surface area contributed by atoms with Gasteiger partial charge in [-0.3, -0.25) is 14.2 Å². The Kier molecular flexibility index (Phi) is 7.14. The maximum Gasteiger partial charge on any atom is 0.351 e. The van der Waals surface area contributed by atoms with Gasteiger partial charge in [0.1, 0.15) is 12.4 Å². The summed E-state index contributed by atoms with van der Waals surface area (Å²) in [5, 5.41) is 18.2. The molecule has 2 aliphatic carbocycles. The molecule has 0 spiro atoms. The van der Waals surface area contributed by atoms with Crippen LogP contribution in [-0.4, -0.2) is 61.4 Å². The summed E-state index contributed by atoms with van der Waals surface area (Å²) in [6.07, 6.45) is 7.34. The van der Waals surface area contributed by atoms with Crippen LogP contribution in [0.5, 0.6) is 0 Å². The van der Waals surface area contributed by atoms with Crippen LogP contribution in [0.15, 0.2) is 23.0 Å². The molecule has 2 aliphatic rings. The van der Waals surface area contributed by atoms with Gasteiger partial charge >= 0.3 is 5.69 Å². The second-order valence-electron chi connectivity index (χ2n) is 9.55. The van der Waals surface area contributed by atoms with Crippen molar-refractivity contribution >= 4 is 23.4 Å². The number of hydrogen-bond acceptors (Lipinski definition) is 5. The zero-order valence-corrected chi connectivity index (χ0v) is 20.5. The molecular weight excluding hydrogens is 458 g/mol. The molecule has 2 fully saturated rings. The van der Waals surface area contributed by atoms with E-state index in [1.54, 1.807) is 31.0 Å². The lowest BCUT2D eigenvalue weighted by atomic mass is 9.94. The van der Waals surface area contributed by atoms with Crippen molar-refractivity contribution < 1.29 is 14.7 Å². The van der Waals surface area contributed by atoms with E-state index in [-0.39, 0.29) is 35.6 Å². The summed E-state index contributed by atoms with van der Waals surface area (Å²) in [6, 6.07) is 4.91. The normalized spacial score (nSPS) is 17.8. The first kappa shape index (κ1) is 24.5. The van der Waals surface area contributed by atoms with Gasteiger partial charge in [-0.05, 0) is 50.8 Å². The van der Waals surface area contributed by atoms with Gasteiger partial charge in [-0.25, -0.2) is 4.79 Å². The molecule has 2 aromatic rings. The number of nitrogens with zero attached hydrogens (tertiary/aromatic N) is 4. The van der Waals surface area contributed by atoms with E-state index in [9.17, 15) is 19.5 Å². The SMILES string of the molecule is Cc1nn(-c2ccc(Cl)c(C(=O)NCC3(O)CCCCCC3)c2)c(=O)n1CC(=O)N(C)C1CC1. The highest BCUT2D eigenvalue weighted by Gasteiger charge is 2.31. The molecule has 184 valence electrons. The van der Waals surface area contributed by atoms with E-state index in [2.05, 4.69) is 10.4 Å². The molecule has 34 heavy (non-hydrogen) atoms. The maximum absolute atomic E-state index is 13.0. The van der Waals surface area contributed by atoms with E-state index in [4.69, 9.17) is 11.6 Å². The third-order valence-corrected chi connectivity index (χ3v) is 7.21. The van der Waals surface area contributed by atoms with Crippen molar-refractivity contribution in [3.8, 4) is 5.69 Å². The minimum absolute atomic E-state index is 0.0861. The van der Waals surface area contributed by atoms with Crippen molar-refractivity contribution in [3.63, 3.8) is 0 Å². The number of rotatable bonds is 7. The number of halogens is 1. The summed E-state index contributed by atoms with van der Waals surface area (Å²) in [5.41, 5.74) is -0.808. The molecule has 0 unspecified atom stereocenters. The third-order valence-electron chi connectivity index (χ3n) is 6.88. The third kappa shape index (κ3) is 5.36. The number of hydrogen-bond donors (Lipinski definition) is 2. The summed E-state index contributed by atoms with van der Waals surface area (Å²) in [5.74, 6) is -0.158. The lowest BCUT2D eigenvalue weighted by molar-refractivity contribution is -0.131. The van der Waals surface area contributed by atoms with E-state index < -0.39 is 17.2 Å². The zero-order valence-electron chi connectivity index (χ0n) is 19.7. The van der Waals surface area contributed by atoms with E-state index in [0.29, 0.717) is 24.4 Å². The average Bonchev–Trinajstić information content (AvgIpc) is 3.64. The van der Waals surface area contributed by atoms with Crippen molar-refractivity contribution in [1.29, 1.82) is 0 Å². The summed E-state index contributed by atoms with van der Waals surface area (Å²) in [4.78, 5) is 40.1. The Balaban J connectivity index is 1.52. The number of aliphatic hydroxyl groups is 1. The topological polar surface area (TPSA) is 109 Å². The summed E-state index contributed by atoms with van der Waals surface area (Å²) < 4.78 is 2.50. The number of nitrogens with one attached hydrogen (secondary N) is 1. The highest BCUT2D eigenvalue weighted by molar-refractivity contribution is 6.33. The number of aryl methyl sites for hydroxylation is 1. The average molecular weight is 490 g/mol. The Morgan fingerprint density at radius 3 is 2.56 bits per heavy atom. The minimum atomic E-state index is -0.913. The van der Waals surface area contributed by atoms with Gasteiger partial charge in [-0.1, -0.05) is 37.3 Å². The standard InChI is InChI=1S/C24H32ClN5O4/c1-16-27-30(23(33)29(16)14-21(31)28(2)17-7-8-17)18-9-10-20(25)19(13-18)22(32)26-15-24(34)11-5-3-4-6-12-24/h9-10,13,17,34H,3-8,11-12,14-15H2,1-2H3,(H,26,32). The monoisotopic (exact) mass is 489 g/mol. The van der Waals surface area contributed by atoms with E-state index in [1.807, 2.05) is 0 Å². The lowest BCUT2D eigenvalue weighted by Gasteiger charge is -2.26. The summed E-state index contributed by atoms with van der Waals surface area (Å²) in [6.45, 7) is 1.73. The zero-order chi connectivity index (χ0) is 24.5. The Labute approximate surface area is 203 Å². The molecule has 2 N–H and O–H groups in total. The Morgan fingerprint density at radius 2 is 1.91 bits per heavy atom. The van der Waals surface area contributed by atoms with Crippen LogP contribution in [0.3, 0.4) is 0 Å². The van der Waals surface area contributed by atoms with Crippen LogP contribution in [0.2, 0.25) is 5.02 Å². The molecule has 0 radical (unpaired) electrons. The van der Waals surface area contributed by atoms with Crippen LogP contribution >= 0.6 is 11.6 Å². The number of carbonyl (C=O) groups is 2. The van der Waals surface area contributed by atoms with Crippen LogP contribution in [0.1, 0.15) is 67.5 Å². The molecule has 0 saturated heterocycles. The summed E-state index contributed by atoms with van der Waals surface area (Å²) >= 11 is 6.29. The van der Waals surface area contributed by atoms with Crippen molar-refractivity contribution in [1.82, 2.24) is 24.6 Å². The van der Waals surface area contributed by atoms with Crippen molar-refractivity contribution in [3.05, 3.63) is 45.1 Å². The number of benzene rings is 1. The fourth-order valence-electron chi connectivity index (χ4n) is 4.48. The van der Waals surface area contributed by atoms with Crippen molar-refractivity contribution in [2.45, 2.75) is 76.5 Å². The number of carbonyl (C=O) groups excluding carboxylic acids is 2. The highest BCUT2D eigenvalue weighted by Crippen LogP contribution is 2.27. The number of likely N-dealkylation sites (N-methyl/N-ethyl adjacent to an activating group) is 1. The van der Waals surface area contributed by atoms with Crippen LogP contribution in [0, 0.1) is 6.92 Å². The van der Waals surface area contributed by atoms with Gasteiger partial charge < -0.3 is 15.3 Å². The molecule has 4 rings (SSSR count). The van der Waals surface area contributed by atoms with Crippen molar-refractivity contribution in [2.75, 3.05) is 13.6 Å².